The zero-order valence-electron chi connectivity index (χ0n) is 9.45. The van der Waals surface area contributed by atoms with Crippen molar-refractivity contribution in [3.63, 3.8) is 0 Å². The lowest BCUT2D eigenvalue weighted by molar-refractivity contribution is -0.120. The fourth-order valence-corrected chi connectivity index (χ4v) is 2.36. The minimum atomic E-state index is -0.484. The monoisotopic (exact) mass is 211 g/mol. The number of Topliss-reactive ketones (excluding diaryl/α,β-unsaturated/α-hetero) is 1. The molecule has 0 aliphatic carbocycles. The van der Waals surface area contributed by atoms with E-state index < -0.39 is 5.60 Å². The maximum Gasteiger partial charge on any atom is 0.411 e. The van der Waals surface area contributed by atoms with Crippen molar-refractivity contribution in [2.45, 2.75) is 57.7 Å². The number of fused-ring (bicyclic) bond motifs is 2. The smallest absolute Gasteiger partial charge is 0.411 e. The zero-order chi connectivity index (χ0) is 11.2. The predicted molar refractivity (Wildman–Crippen MR) is 54.5 cm³/mol. The normalized spacial score (nSPS) is 29.8. The maximum atomic E-state index is 11.8. The van der Waals surface area contributed by atoms with Crippen LogP contribution in [0.2, 0.25) is 0 Å². The molecule has 2 aliphatic rings. The van der Waals surface area contributed by atoms with Crippen molar-refractivity contribution in [1.29, 1.82) is 0 Å². The number of ketones is 1. The number of nitrogens with zero attached hydrogens (tertiary/aromatic N) is 1. The molecule has 0 radical (unpaired) electrons. The standard InChI is InChI=1S/C11H17NO3/c1-11(2,3)15-10(14)12-7-4-5-8(12)9(13)6-7/h7-8H,4-6H2,1-3H3/t7-,8-/m0/s1. The van der Waals surface area contributed by atoms with Crippen LogP contribution in [0.4, 0.5) is 4.79 Å². The summed E-state index contributed by atoms with van der Waals surface area (Å²) in [4.78, 5) is 24.9. The van der Waals surface area contributed by atoms with Gasteiger partial charge in [0, 0.05) is 12.5 Å². The summed E-state index contributed by atoms with van der Waals surface area (Å²) in [5.74, 6) is 0.192. The summed E-state index contributed by atoms with van der Waals surface area (Å²) in [6.07, 6.45) is 1.93. The van der Waals surface area contributed by atoms with Crippen molar-refractivity contribution in [2.75, 3.05) is 0 Å². The highest BCUT2D eigenvalue weighted by Gasteiger charge is 2.49. The average Bonchev–Trinajstić information content (AvgIpc) is 2.55. The first kappa shape index (κ1) is 10.5. The van der Waals surface area contributed by atoms with Crippen molar-refractivity contribution in [2.24, 2.45) is 0 Å². The van der Waals surface area contributed by atoms with Crippen molar-refractivity contribution in [1.82, 2.24) is 4.90 Å². The van der Waals surface area contributed by atoms with Crippen LogP contribution in [0.15, 0.2) is 0 Å². The molecule has 2 fully saturated rings. The number of carbonyl (C=O) groups excluding carboxylic acids is 2. The summed E-state index contributed by atoms with van der Waals surface area (Å²) in [5, 5.41) is 0. The van der Waals surface area contributed by atoms with E-state index in [0.717, 1.165) is 12.8 Å². The first-order valence-corrected chi connectivity index (χ1v) is 5.42. The van der Waals surface area contributed by atoms with Crippen LogP contribution in [0.5, 0.6) is 0 Å². The fourth-order valence-electron chi connectivity index (χ4n) is 2.36. The molecule has 0 saturated carbocycles. The Morgan fingerprint density at radius 1 is 1.40 bits per heavy atom. The van der Waals surface area contributed by atoms with Crippen molar-refractivity contribution < 1.29 is 14.3 Å². The Morgan fingerprint density at radius 2 is 2.07 bits per heavy atom. The molecule has 2 atom stereocenters. The summed E-state index contributed by atoms with van der Waals surface area (Å²) in [5.41, 5.74) is -0.484. The Balaban J connectivity index is 2.06. The molecule has 4 nitrogen and oxygen atoms in total. The molecular formula is C11H17NO3. The molecule has 15 heavy (non-hydrogen) atoms. The fraction of sp³-hybridized carbons (Fsp3) is 0.818. The third-order valence-electron chi connectivity index (χ3n) is 2.92. The van der Waals surface area contributed by atoms with Gasteiger partial charge in [-0.05, 0) is 33.6 Å². The van der Waals surface area contributed by atoms with Crippen LogP contribution in [0.1, 0.15) is 40.0 Å². The lowest BCUT2D eigenvalue weighted by Gasteiger charge is -2.26. The van der Waals surface area contributed by atoms with Gasteiger partial charge in [0.1, 0.15) is 5.60 Å². The summed E-state index contributed by atoms with van der Waals surface area (Å²) >= 11 is 0. The van der Waals surface area contributed by atoms with Gasteiger partial charge in [-0.15, -0.1) is 0 Å². The van der Waals surface area contributed by atoms with Crippen LogP contribution in [0.25, 0.3) is 0 Å². The molecule has 2 saturated heterocycles. The van der Waals surface area contributed by atoms with Crippen molar-refractivity contribution >= 4 is 11.9 Å². The van der Waals surface area contributed by atoms with Crippen LogP contribution in [0.3, 0.4) is 0 Å². The quantitative estimate of drug-likeness (QED) is 0.613. The van der Waals surface area contributed by atoms with Gasteiger partial charge >= 0.3 is 6.09 Å². The molecule has 2 rings (SSSR count). The van der Waals surface area contributed by atoms with Gasteiger partial charge in [0.15, 0.2) is 5.78 Å². The van der Waals surface area contributed by atoms with Crippen LogP contribution < -0.4 is 0 Å². The van der Waals surface area contributed by atoms with Crippen molar-refractivity contribution in [3.05, 3.63) is 0 Å². The Kier molecular flexibility index (Phi) is 2.24. The second kappa shape index (κ2) is 3.22. The summed E-state index contributed by atoms with van der Waals surface area (Å²) in [6, 6.07) is -0.109. The highest BCUT2D eigenvalue weighted by Crippen LogP contribution is 2.36. The molecular weight excluding hydrogens is 194 g/mol. The van der Waals surface area contributed by atoms with Gasteiger partial charge in [0.25, 0.3) is 0 Å². The van der Waals surface area contributed by atoms with Gasteiger partial charge in [-0.3, -0.25) is 9.69 Å². The molecule has 0 unspecified atom stereocenters. The highest BCUT2D eigenvalue weighted by molar-refractivity contribution is 5.92. The lowest BCUT2D eigenvalue weighted by atomic mass is 10.00. The zero-order valence-corrected chi connectivity index (χ0v) is 9.45. The summed E-state index contributed by atoms with van der Waals surface area (Å²) < 4.78 is 5.29. The molecule has 0 spiro atoms. The SMILES string of the molecule is CC(C)(C)OC(=O)N1[C@H]2CC[C@H]1C(=O)C2. The van der Waals surface area contributed by atoms with Gasteiger partial charge in [-0.25, -0.2) is 4.79 Å². The molecule has 2 heterocycles. The second-order valence-electron chi connectivity index (χ2n) is 5.31. The van der Waals surface area contributed by atoms with E-state index >= 15 is 0 Å². The molecule has 0 aromatic heterocycles. The Bertz CT molecular complexity index is 305. The van der Waals surface area contributed by atoms with E-state index in [-0.39, 0.29) is 24.0 Å². The van der Waals surface area contributed by atoms with Gasteiger partial charge in [-0.2, -0.15) is 0 Å². The van der Waals surface area contributed by atoms with Crippen LogP contribution in [-0.4, -0.2) is 34.5 Å². The average molecular weight is 211 g/mol. The van der Waals surface area contributed by atoms with Crippen molar-refractivity contribution in [3.8, 4) is 0 Å². The van der Waals surface area contributed by atoms with E-state index in [1.807, 2.05) is 20.8 Å². The summed E-state index contributed by atoms with van der Waals surface area (Å²) in [6.45, 7) is 5.51. The van der Waals surface area contributed by atoms with Crippen LogP contribution >= 0.6 is 0 Å². The topological polar surface area (TPSA) is 46.6 Å². The number of hydrogen-bond donors (Lipinski definition) is 0. The first-order valence-electron chi connectivity index (χ1n) is 5.42. The van der Waals surface area contributed by atoms with Crippen LogP contribution in [-0.2, 0) is 9.53 Å². The largest absolute Gasteiger partial charge is 0.444 e. The number of rotatable bonds is 0. The second-order valence-corrected chi connectivity index (χ2v) is 5.31. The molecule has 84 valence electrons. The maximum absolute atomic E-state index is 11.8. The number of ether oxygens (including phenoxy) is 1. The van der Waals surface area contributed by atoms with Crippen LogP contribution in [0, 0.1) is 0 Å². The molecule has 0 aromatic rings. The minimum absolute atomic E-state index is 0.0948. The predicted octanol–water partition coefficient (Wildman–Crippen LogP) is 1.73. The van der Waals surface area contributed by atoms with E-state index in [0.29, 0.717) is 6.42 Å². The highest BCUT2D eigenvalue weighted by atomic mass is 16.6. The Morgan fingerprint density at radius 3 is 2.47 bits per heavy atom. The molecule has 0 aromatic carbocycles. The number of carbonyl (C=O) groups is 2. The van der Waals surface area contributed by atoms with E-state index in [2.05, 4.69) is 0 Å². The summed E-state index contributed by atoms with van der Waals surface area (Å²) in [7, 11) is 0. The third kappa shape index (κ3) is 1.85. The van der Waals surface area contributed by atoms with E-state index in [1.54, 1.807) is 4.90 Å². The van der Waals surface area contributed by atoms with Gasteiger partial charge < -0.3 is 4.74 Å². The number of hydrogen-bond acceptors (Lipinski definition) is 3. The molecule has 1 amide bonds. The molecule has 2 bridgehead atoms. The van der Waals surface area contributed by atoms with Gasteiger partial charge in [-0.1, -0.05) is 0 Å². The van der Waals surface area contributed by atoms with E-state index in [4.69, 9.17) is 4.74 Å². The number of amides is 1. The molecule has 0 N–H and O–H groups in total. The Hall–Kier alpha value is -1.06. The Labute approximate surface area is 89.6 Å². The molecule has 4 heteroatoms. The first-order chi connectivity index (χ1) is 6.88. The van der Waals surface area contributed by atoms with E-state index in [1.165, 1.54) is 0 Å². The van der Waals surface area contributed by atoms with E-state index in [9.17, 15) is 9.59 Å². The lowest BCUT2D eigenvalue weighted by Crippen LogP contribution is -2.40. The minimum Gasteiger partial charge on any atom is -0.444 e. The van der Waals surface area contributed by atoms with Gasteiger partial charge in [0.05, 0.1) is 6.04 Å². The molecule has 2 aliphatic heterocycles. The third-order valence-corrected chi connectivity index (χ3v) is 2.92. The van der Waals surface area contributed by atoms with Gasteiger partial charge in [0.2, 0.25) is 0 Å².